The van der Waals surface area contributed by atoms with Crippen molar-refractivity contribution in [3.8, 4) is 0 Å². The molecule has 0 saturated carbocycles. The highest BCUT2D eigenvalue weighted by Gasteiger charge is 2.39. The van der Waals surface area contributed by atoms with Crippen molar-refractivity contribution in [1.29, 1.82) is 0 Å². The van der Waals surface area contributed by atoms with E-state index in [2.05, 4.69) is 0 Å². The number of nitrogens with zero attached hydrogens (tertiary/aromatic N) is 1. The summed E-state index contributed by atoms with van der Waals surface area (Å²) >= 11 is 0. The van der Waals surface area contributed by atoms with Gasteiger partial charge in [0, 0.05) is 29.7 Å². The molecule has 104 valence electrons. The number of carbonyl (C=O) groups excluding carboxylic acids is 1. The number of aryl methyl sites for hydroxylation is 1. The molecule has 0 aliphatic carbocycles. The van der Waals surface area contributed by atoms with Gasteiger partial charge in [0.2, 0.25) is 15.0 Å². The van der Waals surface area contributed by atoms with Crippen LogP contribution in [0, 0.1) is 18.6 Å². The average molecular weight is 310 g/mol. The fourth-order valence-electron chi connectivity index (χ4n) is 1.94. The lowest BCUT2D eigenvalue weighted by molar-refractivity contribution is -0.117. The SMILES string of the molecule is Cc1cc(F)c(N2CC(S(=O)(=O)Cl)CC2=O)cc1F. The standard InChI is InChI=1S/C11H10ClF2NO3S/c1-6-2-9(14)10(4-8(6)13)15-5-7(3-11(15)16)19(12,17)18/h2,4,7H,3,5H2,1H3. The van der Waals surface area contributed by atoms with Crippen LogP contribution in [0.3, 0.4) is 0 Å². The van der Waals surface area contributed by atoms with Crippen molar-refractivity contribution < 1.29 is 22.0 Å². The molecule has 0 bridgehead atoms. The van der Waals surface area contributed by atoms with Gasteiger partial charge >= 0.3 is 0 Å². The van der Waals surface area contributed by atoms with Crippen molar-refractivity contribution in [2.75, 3.05) is 11.4 Å². The van der Waals surface area contributed by atoms with Gasteiger partial charge < -0.3 is 4.90 Å². The first-order chi connectivity index (χ1) is 8.70. The summed E-state index contributed by atoms with van der Waals surface area (Å²) in [5, 5.41) is -1.11. The number of amides is 1. The van der Waals surface area contributed by atoms with E-state index in [4.69, 9.17) is 10.7 Å². The lowest BCUT2D eigenvalue weighted by atomic mass is 10.2. The van der Waals surface area contributed by atoms with Crippen LogP contribution in [-0.2, 0) is 13.8 Å². The number of rotatable bonds is 2. The van der Waals surface area contributed by atoms with Crippen LogP contribution in [0.25, 0.3) is 0 Å². The maximum absolute atomic E-state index is 13.7. The number of anilines is 1. The normalized spacial score (nSPS) is 20.1. The second-order valence-electron chi connectivity index (χ2n) is 4.36. The van der Waals surface area contributed by atoms with Gasteiger partial charge in [-0.15, -0.1) is 0 Å². The monoisotopic (exact) mass is 309 g/mol. The number of carbonyl (C=O) groups is 1. The van der Waals surface area contributed by atoms with E-state index in [1.165, 1.54) is 6.92 Å². The van der Waals surface area contributed by atoms with Crippen LogP contribution in [0.5, 0.6) is 0 Å². The van der Waals surface area contributed by atoms with Crippen molar-refractivity contribution in [3.63, 3.8) is 0 Å². The van der Waals surface area contributed by atoms with E-state index in [-0.39, 0.29) is 24.2 Å². The first kappa shape index (κ1) is 14.2. The number of halogens is 3. The molecule has 1 aliphatic rings. The van der Waals surface area contributed by atoms with Gasteiger partial charge in [-0.1, -0.05) is 0 Å². The smallest absolute Gasteiger partial charge is 0.237 e. The molecular formula is C11H10ClF2NO3S. The molecule has 0 spiro atoms. The highest BCUT2D eigenvalue weighted by molar-refractivity contribution is 8.14. The zero-order valence-electron chi connectivity index (χ0n) is 9.86. The molecule has 1 aromatic rings. The minimum Gasteiger partial charge on any atom is -0.308 e. The molecule has 2 rings (SSSR count). The molecule has 0 radical (unpaired) electrons. The Labute approximate surface area is 113 Å². The van der Waals surface area contributed by atoms with E-state index in [1.807, 2.05) is 0 Å². The molecular weight excluding hydrogens is 300 g/mol. The Bertz CT molecular complexity index is 648. The molecule has 8 heteroatoms. The van der Waals surface area contributed by atoms with Gasteiger partial charge in [0.15, 0.2) is 0 Å². The molecule has 1 aromatic carbocycles. The summed E-state index contributed by atoms with van der Waals surface area (Å²) in [5.41, 5.74) is -0.162. The summed E-state index contributed by atoms with van der Waals surface area (Å²) in [4.78, 5) is 12.6. The van der Waals surface area contributed by atoms with Gasteiger partial charge in [-0.2, -0.15) is 0 Å². The maximum atomic E-state index is 13.7. The summed E-state index contributed by atoms with van der Waals surface area (Å²) in [7, 11) is 1.27. The van der Waals surface area contributed by atoms with Crippen molar-refractivity contribution in [2.24, 2.45) is 0 Å². The molecule has 1 saturated heterocycles. The molecule has 19 heavy (non-hydrogen) atoms. The first-order valence-electron chi connectivity index (χ1n) is 5.39. The third-order valence-electron chi connectivity index (χ3n) is 3.01. The van der Waals surface area contributed by atoms with Gasteiger partial charge in [0.05, 0.1) is 5.69 Å². The van der Waals surface area contributed by atoms with Crippen molar-refractivity contribution in [1.82, 2.24) is 0 Å². The lowest BCUT2D eigenvalue weighted by Gasteiger charge is -2.17. The van der Waals surface area contributed by atoms with Crippen LogP contribution < -0.4 is 4.90 Å². The van der Waals surface area contributed by atoms with E-state index >= 15 is 0 Å². The van der Waals surface area contributed by atoms with Gasteiger partial charge in [-0.3, -0.25) is 4.79 Å². The van der Waals surface area contributed by atoms with E-state index in [1.54, 1.807) is 0 Å². The number of benzene rings is 1. The number of hydrogen-bond donors (Lipinski definition) is 0. The zero-order valence-corrected chi connectivity index (χ0v) is 11.4. The third kappa shape index (κ3) is 2.71. The van der Waals surface area contributed by atoms with Gasteiger partial charge in [0.1, 0.15) is 16.9 Å². The predicted molar refractivity (Wildman–Crippen MR) is 66.6 cm³/mol. The van der Waals surface area contributed by atoms with Crippen LogP contribution >= 0.6 is 10.7 Å². The Morgan fingerprint density at radius 2 is 1.95 bits per heavy atom. The van der Waals surface area contributed by atoms with Crippen molar-refractivity contribution in [2.45, 2.75) is 18.6 Å². The summed E-state index contributed by atoms with van der Waals surface area (Å²) in [6, 6.07) is 1.84. The molecule has 0 N–H and O–H groups in total. The largest absolute Gasteiger partial charge is 0.308 e. The van der Waals surface area contributed by atoms with E-state index in [9.17, 15) is 22.0 Å². The first-order valence-corrected chi connectivity index (χ1v) is 7.77. The fourth-order valence-corrected chi connectivity index (χ4v) is 2.97. The highest BCUT2D eigenvalue weighted by Crippen LogP contribution is 2.30. The van der Waals surface area contributed by atoms with Crippen molar-refractivity contribution >= 4 is 31.3 Å². The van der Waals surface area contributed by atoms with E-state index in [0.717, 1.165) is 17.0 Å². The second-order valence-corrected chi connectivity index (χ2v) is 7.27. The molecule has 1 heterocycles. The van der Waals surface area contributed by atoms with Crippen LogP contribution in [0.2, 0.25) is 0 Å². The molecule has 0 aromatic heterocycles. The van der Waals surface area contributed by atoms with Gasteiger partial charge in [-0.25, -0.2) is 17.2 Å². The average Bonchev–Trinajstić information content (AvgIpc) is 2.65. The fraction of sp³-hybridized carbons (Fsp3) is 0.364. The Hall–Kier alpha value is -1.21. The van der Waals surface area contributed by atoms with Crippen LogP contribution in [0.1, 0.15) is 12.0 Å². The van der Waals surface area contributed by atoms with E-state index < -0.39 is 31.8 Å². The predicted octanol–water partition coefficient (Wildman–Crippen LogP) is 1.95. The highest BCUT2D eigenvalue weighted by atomic mass is 35.7. The topological polar surface area (TPSA) is 54.5 Å². The molecule has 1 amide bonds. The van der Waals surface area contributed by atoms with Gasteiger partial charge in [0.25, 0.3) is 0 Å². The third-order valence-corrected chi connectivity index (χ3v) is 4.87. The summed E-state index contributed by atoms with van der Waals surface area (Å²) < 4.78 is 49.5. The maximum Gasteiger partial charge on any atom is 0.237 e. The minimum atomic E-state index is -3.91. The number of hydrogen-bond acceptors (Lipinski definition) is 3. The molecule has 4 nitrogen and oxygen atoms in total. The van der Waals surface area contributed by atoms with Gasteiger partial charge in [-0.05, 0) is 18.6 Å². The Morgan fingerprint density at radius 3 is 2.47 bits per heavy atom. The Balaban J connectivity index is 2.39. The lowest BCUT2D eigenvalue weighted by Crippen LogP contribution is -2.27. The Kier molecular flexibility index (Phi) is 3.53. The Morgan fingerprint density at radius 1 is 1.32 bits per heavy atom. The van der Waals surface area contributed by atoms with E-state index in [0.29, 0.717) is 0 Å². The van der Waals surface area contributed by atoms with Crippen molar-refractivity contribution in [3.05, 3.63) is 29.3 Å². The summed E-state index contributed by atoms with van der Waals surface area (Å²) in [6.45, 7) is 1.12. The van der Waals surface area contributed by atoms with Crippen LogP contribution in [-0.4, -0.2) is 26.1 Å². The zero-order chi connectivity index (χ0) is 14.4. The second kappa shape index (κ2) is 4.72. The van der Waals surface area contributed by atoms with Crippen LogP contribution in [0.4, 0.5) is 14.5 Å². The summed E-state index contributed by atoms with van der Waals surface area (Å²) in [6.07, 6.45) is -0.333. The molecule has 1 fully saturated rings. The quantitative estimate of drug-likeness (QED) is 0.785. The molecule has 1 aliphatic heterocycles. The van der Waals surface area contributed by atoms with Crippen LogP contribution in [0.15, 0.2) is 12.1 Å². The molecule has 1 unspecified atom stereocenters. The minimum absolute atomic E-state index is 0.106. The molecule has 1 atom stereocenters. The summed E-state index contributed by atoms with van der Waals surface area (Å²) in [5.74, 6) is -2.04.